The van der Waals surface area contributed by atoms with Crippen molar-refractivity contribution in [3.63, 3.8) is 0 Å². The van der Waals surface area contributed by atoms with Crippen molar-refractivity contribution in [2.24, 2.45) is 0 Å². The molecule has 1 aliphatic carbocycles. The van der Waals surface area contributed by atoms with E-state index >= 15 is 0 Å². The van der Waals surface area contributed by atoms with Crippen LogP contribution in [0.15, 0.2) is 37.1 Å². The molecular weight excluding hydrogens is 566 g/mol. The van der Waals surface area contributed by atoms with Gasteiger partial charge in [-0.25, -0.2) is 0 Å². The van der Waals surface area contributed by atoms with Crippen LogP contribution in [-0.2, 0) is 4.79 Å². The van der Waals surface area contributed by atoms with Crippen molar-refractivity contribution in [3.05, 3.63) is 47.6 Å². The molecule has 2 aromatic carbocycles. The Kier molecular flexibility index (Phi) is 7.34. The van der Waals surface area contributed by atoms with E-state index in [-0.39, 0.29) is 12.0 Å². The molecule has 7 rings (SSSR count). The molecule has 1 amide bonds. The quantitative estimate of drug-likeness (QED) is 0.282. The van der Waals surface area contributed by atoms with Crippen LogP contribution in [0.2, 0.25) is 5.02 Å². The molecule has 2 saturated heterocycles. The largest absolute Gasteiger partial charge is 0.487 e. The molecule has 1 N–H and O–H groups in total. The van der Waals surface area contributed by atoms with Gasteiger partial charge < -0.3 is 24.2 Å². The number of nitrogens with zero attached hydrogens (tertiary/aromatic N) is 6. The van der Waals surface area contributed by atoms with E-state index in [1.807, 2.05) is 18.3 Å². The van der Waals surface area contributed by atoms with E-state index in [2.05, 4.69) is 46.6 Å². The maximum Gasteiger partial charge on any atom is 0.319 e. The van der Waals surface area contributed by atoms with Crippen LogP contribution in [0.5, 0.6) is 11.8 Å². The molecule has 11 heteroatoms. The molecule has 2 aromatic heterocycles. The maximum atomic E-state index is 12.3. The summed E-state index contributed by atoms with van der Waals surface area (Å²) in [5, 5.41) is 9.73. The number of hydrogen-bond donors (Lipinski definition) is 1. The van der Waals surface area contributed by atoms with Crippen molar-refractivity contribution in [2.75, 3.05) is 51.3 Å². The third-order valence-electron chi connectivity index (χ3n) is 8.89. The average molecular weight is 602 g/mol. The number of piperazine rings is 1. The number of anilines is 1. The zero-order valence-corrected chi connectivity index (χ0v) is 25.4. The van der Waals surface area contributed by atoms with Crippen molar-refractivity contribution in [1.82, 2.24) is 30.0 Å². The van der Waals surface area contributed by atoms with Crippen molar-refractivity contribution < 1.29 is 14.3 Å². The Morgan fingerprint density at radius 2 is 1.93 bits per heavy atom. The lowest BCUT2D eigenvalue weighted by Crippen LogP contribution is -2.48. The van der Waals surface area contributed by atoms with Crippen LogP contribution in [0.25, 0.3) is 32.9 Å². The summed E-state index contributed by atoms with van der Waals surface area (Å²) >= 11 is 7.20. The molecule has 0 unspecified atom stereocenters. The maximum absolute atomic E-state index is 12.3. The number of aromatic amines is 1. The second kappa shape index (κ2) is 11.3. The van der Waals surface area contributed by atoms with E-state index < -0.39 is 0 Å². The fourth-order valence-electron chi connectivity index (χ4n) is 6.26. The number of nitrogens with one attached hydrogen (secondary N) is 1. The molecule has 1 saturated carbocycles. The molecule has 0 radical (unpaired) electrons. The molecule has 4 aromatic rings. The Balaban J connectivity index is 1.39. The molecule has 4 heterocycles. The smallest absolute Gasteiger partial charge is 0.319 e. The van der Waals surface area contributed by atoms with E-state index in [9.17, 15) is 4.79 Å². The van der Waals surface area contributed by atoms with Gasteiger partial charge in [-0.1, -0.05) is 24.2 Å². The van der Waals surface area contributed by atoms with Crippen LogP contribution < -0.4 is 14.4 Å². The highest BCUT2D eigenvalue weighted by atomic mass is 35.5. The first kappa shape index (κ1) is 27.9. The number of likely N-dealkylation sites (tertiary alicyclic amines) is 1. The number of amides is 1. The fraction of sp³-hybridized carbons (Fsp3) is 0.438. The minimum atomic E-state index is -0.0616. The standard InChI is InChI=1S/C32H36ClN7O3/c1-4-26(41)39-12-14-40(15-13-39)31-22-16-24(33)28(27-19(2)7-10-25-23(27)17-34-37-25)30(43-21-8-9-21)29(22)35-32(36-31)42-18-20-6-5-11-38(20)3/h4,7,10,16-17,20-21H,1,5-6,8-9,11-15,18H2,2-3H3,(H,34,37)/t20-/m0/s1. The van der Waals surface area contributed by atoms with Crippen molar-refractivity contribution in [3.8, 4) is 22.9 Å². The molecule has 43 heavy (non-hydrogen) atoms. The van der Waals surface area contributed by atoms with Crippen LogP contribution >= 0.6 is 11.6 Å². The number of H-pyrrole nitrogens is 1. The minimum absolute atomic E-state index is 0.0616. The van der Waals surface area contributed by atoms with Gasteiger partial charge >= 0.3 is 6.01 Å². The summed E-state index contributed by atoms with van der Waals surface area (Å²) in [6, 6.07) is 6.69. The lowest BCUT2D eigenvalue weighted by Gasteiger charge is -2.35. The first-order valence-corrected chi connectivity index (χ1v) is 15.4. The van der Waals surface area contributed by atoms with Crippen LogP contribution in [-0.4, -0.2) is 94.4 Å². The fourth-order valence-corrected chi connectivity index (χ4v) is 6.55. The number of benzene rings is 2. The van der Waals surface area contributed by atoms with E-state index in [0.717, 1.165) is 71.0 Å². The zero-order chi connectivity index (χ0) is 29.7. The van der Waals surface area contributed by atoms with Gasteiger partial charge in [-0.05, 0) is 70.0 Å². The molecule has 2 aliphatic heterocycles. The van der Waals surface area contributed by atoms with E-state index in [0.29, 0.717) is 61.1 Å². The highest BCUT2D eigenvalue weighted by Crippen LogP contribution is 2.48. The summed E-state index contributed by atoms with van der Waals surface area (Å²) in [4.78, 5) is 28.6. The number of hydrogen-bond acceptors (Lipinski definition) is 8. The SMILES string of the molecule is C=CC(=O)N1CCN(c2nc(OC[C@@H]3CCCN3C)nc3c(OC4CC4)c(-c4c(C)ccc5[nH]ncc45)c(Cl)cc23)CC1. The highest BCUT2D eigenvalue weighted by molar-refractivity contribution is 6.35. The summed E-state index contributed by atoms with van der Waals surface area (Å²) in [7, 11) is 2.13. The second-order valence-corrected chi connectivity index (χ2v) is 12.2. The molecule has 3 fully saturated rings. The van der Waals surface area contributed by atoms with Crippen LogP contribution in [0.4, 0.5) is 5.82 Å². The first-order valence-electron chi connectivity index (χ1n) is 15.0. The van der Waals surface area contributed by atoms with Gasteiger partial charge in [0.2, 0.25) is 5.91 Å². The summed E-state index contributed by atoms with van der Waals surface area (Å²) < 4.78 is 13.0. The normalized spacial score (nSPS) is 19.4. The highest BCUT2D eigenvalue weighted by Gasteiger charge is 2.32. The van der Waals surface area contributed by atoms with Gasteiger partial charge in [-0.3, -0.25) is 9.89 Å². The summed E-state index contributed by atoms with van der Waals surface area (Å²) in [6.45, 7) is 9.65. The number of ether oxygens (including phenoxy) is 2. The van der Waals surface area contributed by atoms with Crippen LogP contribution in [0.3, 0.4) is 0 Å². The number of aryl methyl sites for hydroxylation is 1. The van der Waals surface area contributed by atoms with Gasteiger partial charge in [0.15, 0.2) is 5.75 Å². The zero-order valence-electron chi connectivity index (χ0n) is 24.6. The first-order chi connectivity index (χ1) is 20.9. The van der Waals surface area contributed by atoms with E-state index in [1.54, 1.807) is 4.90 Å². The van der Waals surface area contributed by atoms with Crippen molar-refractivity contribution in [1.29, 1.82) is 0 Å². The Morgan fingerprint density at radius 1 is 1.12 bits per heavy atom. The average Bonchev–Trinajstić information content (AvgIpc) is 3.54. The van der Waals surface area contributed by atoms with Crippen LogP contribution in [0, 0.1) is 6.92 Å². The molecule has 0 spiro atoms. The Bertz CT molecular complexity index is 1710. The topological polar surface area (TPSA) is 99.7 Å². The van der Waals surface area contributed by atoms with Gasteiger partial charge in [0, 0.05) is 54.1 Å². The molecule has 0 bridgehead atoms. The predicted octanol–water partition coefficient (Wildman–Crippen LogP) is 4.98. The Hall–Kier alpha value is -3.89. The molecular formula is C32H36ClN7O3. The van der Waals surface area contributed by atoms with Gasteiger partial charge in [0.25, 0.3) is 0 Å². The molecule has 3 aliphatic rings. The van der Waals surface area contributed by atoms with Gasteiger partial charge in [-0.2, -0.15) is 15.1 Å². The van der Waals surface area contributed by atoms with Crippen molar-refractivity contribution >= 4 is 45.1 Å². The van der Waals surface area contributed by atoms with E-state index in [1.165, 1.54) is 6.08 Å². The lowest BCUT2D eigenvalue weighted by atomic mass is 9.94. The van der Waals surface area contributed by atoms with Crippen molar-refractivity contribution in [2.45, 2.75) is 44.8 Å². The van der Waals surface area contributed by atoms with Crippen LogP contribution in [0.1, 0.15) is 31.2 Å². The monoisotopic (exact) mass is 601 g/mol. The molecule has 224 valence electrons. The number of carbonyl (C=O) groups excluding carboxylic acids is 1. The summed E-state index contributed by atoms with van der Waals surface area (Å²) in [5.74, 6) is 1.32. The van der Waals surface area contributed by atoms with Gasteiger partial charge in [-0.15, -0.1) is 0 Å². The number of aromatic nitrogens is 4. The number of carbonyl (C=O) groups is 1. The summed E-state index contributed by atoms with van der Waals surface area (Å²) in [5.41, 5.74) is 4.44. The Morgan fingerprint density at radius 3 is 2.65 bits per heavy atom. The number of likely N-dealkylation sites (N-methyl/N-ethyl adjacent to an activating group) is 1. The lowest BCUT2D eigenvalue weighted by molar-refractivity contribution is -0.126. The van der Waals surface area contributed by atoms with E-state index in [4.69, 9.17) is 31.0 Å². The number of rotatable bonds is 8. The van der Waals surface area contributed by atoms with Gasteiger partial charge in [0.05, 0.1) is 22.8 Å². The summed E-state index contributed by atoms with van der Waals surface area (Å²) in [6.07, 6.45) is 7.51. The Labute approximate surface area is 255 Å². The third-order valence-corrected chi connectivity index (χ3v) is 9.19. The molecule has 1 atom stereocenters. The number of halogens is 1. The van der Waals surface area contributed by atoms with Gasteiger partial charge in [0.1, 0.15) is 17.9 Å². The third kappa shape index (κ3) is 5.27. The molecule has 10 nitrogen and oxygen atoms in total. The second-order valence-electron chi connectivity index (χ2n) is 11.8. The predicted molar refractivity (Wildman–Crippen MR) is 168 cm³/mol. The minimum Gasteiger partial charge on any atom is -0.487 e. The number of fused-ring (bicyclic) bond motifs is 2.